The van der Waals surface area contributed by atoms with Gasteiger partial charge >= 0.3 is 12.0 Å². The van der Waals surface area contributed by atoms with Crippen LogP contribution in [0.5, 0.6) is 0 Å². The average Bonchev–Trinajstić information content (AvgIpc) is 2.33. The van der Waals surface area contributed by atoms with Gasteiger partial charge in [0.1, 0.15) is 0 Å². The molecule has 0 aromatic carbocycles. The second-order valence-electron chi connectivity index (χ2n) is 4.55. The third-order valence-electron chi connectivity index (χ3n) is 2.61. The van der Waals surface area contributed by atoms with Gasteiger partial charge in [-0.15, -0.1) is 0 Å². The van der Waals surface area contributed by atoms with E-state index in [9.17, 15) is 9.59 Å². The van der Waals surface area contributed by atoms with Crippen molar-refractivity contribution in [1.29, 1.82) is 0 Å². The number of carboxylic acids is 1. The Bertz CT molecular complexity index is 283. The number of aliphatic carboxylic acids is 1. The van der Waals surface area contributed by atoms with Crippen LogP contribution in [0.25, 0.3) is 0 Å². The summed E-state index contributed by atoms with van der Waals surface area (Å²) in [5.41, 5.74) is 0. The molecule has 0 rings (SSSR count). The van der Waals surface area contributed by atoms with Crippen molar-refractivity contribution in [3.8, 4) is 0 Å². The van der Waals surface area contributed by atoms with Gasteiger partial charge in [-0.05, 0) is 12.8 Å². The Morgan fingerprint density at radius 1 is 1.32 bits per heavy atom. The molecule has 0 saturated heterocycles. The van der Waals surface area contributed by atoms with Gasteiger partial charge in [-0.1, -0.05) is 13.8 Å². The van der Waals surface area contributed by atoms with E-state index in [-0.39, 0.29) is 24.9 Å². The topological polar surface area (TPSA) is 108 Å². The van der Waals surface area contributed by atoms with Gasteiger partial charge in [-0.3, -0.25) is 0 Å². The first-order valence-corrected chi connectivity index (χ1v) is 6.41. The molecule has 0 radical (unpaired) electrons. The summed E-state index contributed by atoms with van der Waals surface area (Å²) in [6.45, 7) is 6.93. The Morgan fingerprint density at radius 2 is 1.95 bits per heavy atom. The summed E-state index contributed by atoms with van der Waals surface area (Å²) >= 11 is 0. The van der Waals surface area contributed by atoms with Crippen LogP contribution in [0.1, 0.15) is 27.2 Å². The third-order valence-corrected chi connectivity index (χ3v) is 2.61. The molecule has 0 aromatic heterocycles. The van der Waals surface area contributed by atoms with Gasteiger partial charge in [-0.25, -0.2) is 9.59 Å². The highest BCUT2D eigenvalue weighted by Gasteiger charge is 2.17. The number of carboxylic acid groups (broad SMARTS) is 1. The van der Waals surface area contributed by atoms with Crippen molar-refractivity contribution < 1.29 is 24.5 Å². The Kier molecular flexibility index (Phi) is 8.90. The van der Waals surface area contributed by atoms with Gasteiger partial charge in [0.25, 0.3) is 0 Å². The molecule has 0 aliphatic rings. The quantitative estimate of drug-likeness (QED) is 0.480. The summed E-state index contributed by atoms with van der Waals surface area (Å²) in [6, 6.07) is -0.500. The fourth-order valence-electron chi connectivity index (χ4n) is 1.31. The van der Waals surface area contributed by atoms with E-state index in [0.29, 0.717) is 13.2 Å². The molecule has 4 N–H and O–H groups in total. The molecular weight excluding hydrogens is 252 g/mol. The van der Waals surface area contributed by atoms with Gasteiger partial charge in [0.2, 0.25) is 0 Å². The molecule has 0 heterocycles. The first-order valence-electron chi connectivity index (χ1n) is 6.41. The molecule has 2 amide bonds. The van der Waals surface area contributed by atoms with Crippen LogP contribution in [0, 0.1) is 5.92 Å². The lowest BCUT2D eigenvalue weighted by Gasteiger charge is -2.22. The predicted molar refractivity (Wildman–Crippen MR) is 69.9 cm³/mol. The van der Waals surface area contributed by atoms with Crippen molar-refractivity contribution in [2.24, 2.45) is 5.92 Å². The highest BCUT2D eigenvalue weighted by atomic mass is 16.5. The highest BCUT2D eigenvalue weighted by Crippen LogP contribution is 2.02. The van der Waals surface area contributed by atoms with Crippen LogP contribution >= 0.6 is 0 Å². The van der Waals surface area contributed by atoms with Crippen LogP contribution in [-0.2, 0) is 9.53 Å². The van der Waals surface area contributed by atoms with Crippen molar-refractivity contribution >= 4 is 12.0 Å². The van der Waals surface area contributed by atoms with Crippen molar-refractivity contribution in [1.82, 2.24) is 10.6 Å². The molecular formula is C12H24N2O5. The lowest BCUT2D eigenvalue weighted by molar-refractivity contribution is -0.146. The summed E-state index contributed by atoms with van der Waals surface area (Å²) in [4.78, 5) is 21.9. The fourth-order valence-corrected chi connectivity index (χ4v) is 1.31. The van der Waals surface area contributed by atoms with Gasteiger partial charge < -0.3 is 25.6 Å². The molecule has 2 atom stereocenters. The third kappa shape index (κ3) is 8.39. The molecule has 0 saturated carbocycles. The van der Waals surface area contributed by atoms with E-state index in [1.807, 2.05) is 20.8 Å². The molecule has 0 bridgehead atoms. The van der Waals surface area contributed by atoms with Crippen LogP contribution in [0.15, 0.2) is 0 Å². The van der Waals surface area contributed by atoms with Crippen LogP contribution in [0.4, 0.5) is 4.79 Å². The van der Waals surface area contributed by atoms with Crippen molar-refractivity contribution in [2.75, 3.05) is 19.8 Å². The maximum absolute atomic E-state index is 11.6. The number of carbonyl (C=O) groups excluding carboxylic acids is 1. The Labute approximate surface area is 113 Å². The molecule has 0 aromatic rings. The Hall–Kier alpha value is -1.34. The lowest BCUT2D eigenvalue weighted by Crippen LogP contribution is -2.47. The van der Waals surface area contributed by atoms with E-state index in [1.54, 1.807) is 0 Å². The standard InChI is InChI=1S/C12H24N2O5/c1-4-19-7-9(8(2)3)14-12(18)13-6-5-10(15)11(16)17/h8-10,15H,4-7H2,1-3H3,(H,16,17)(H2,13,14,18)/t9?,10-/m0/s1. The van der Waals surface area contributed by atoms with Crippen LogP contribution in [-0.4, -0.2) is 54.1 Å². The predicted octanol–water partition coefficient (Wildman–Crippen LogP) is 0.182. The zero-order chi connectivity index (χ0) is 14.8. The van der Waals surface area contributed by atoms with Gasteiger partial charge in [0.15, 0.2) is 6.10 Å². The van der Waals surface area contributed by atoms with Crippen LogP contribution in [0.2, 0.25) is 0 Å². The minimum atomic E-state index is -1.45. The lowest BCUT2D eigenvalue weighted by atomic mass is 10.1. The summed E-state index contributed by atoms with van der Waals surface area (Å²) in [5.74, 6) is -1.07. The number of aliphatic hydroxyl groups excluding tert-OH is 1. The zero-order valence-electron chi connectivity index (χ0n) is 11.7. The number of hydrogen-bond acceptors (Lipinski definition) is 4. The van der Waals surface area contributed by atoms with Gasteiger partial charge in [0, 0.05) is 19.6 Å². The van der Waals surface area contributed by atoms with Crippen LogP contribution < -0.4 is 10.6 Å². The van der Waals surface area contributed by atoms with E-state index in [4.69, 9.17) is 14.9 Å². The number of aliphatic hydroxyl groups is 1. The van der Waals surface area contributed by atoms with E-state index in [2.05, 4.69) is 10.6 Å². The number of rotatable bonds is 9. The van der Waals surface area contributed by atoms with Crippen molar-refractivity contribution in [2.45, 2.75) is 39.3 Å². The van der Waals surface area contributed by atoms with E-state index < -0.39 is 18.1 Å². The highest BCUT2D eigenvalue weighted by molar-refractivity contribution is 5.74. The summed E-state index contributed by atoms with van der Waals surface area (Å²) in [7, 11) is 0. The molecule has 0 aliphatic heterocycles. The molecule has 0 spiro atoms. The van der Waals surface area contributed by atoms with Crippen molar-refractivity contribution in [3.05, 3.63) is 0 Å². The number of carbonyl (C=O) groups is 2. The molecule has 1 unspecified atom stereocenters. The molecule has 0 aliphatic carbocycles. The molecule has 7 nitrogen and oxygen atoms in total. The maximum Gasteiger partial charge on any atom is 0.332 e. The van der Waals surface area contributed by atoms with Crippen molar-refractivity contribution in [3.63, 3.8) is 0 Å². The number of ether oxygens (including phenoxy) is 1. The summed E-state index contributed by atoms with van der Waals surface area (Å²) in [5, 5.41) is 22.8. The number of urea groups is 1. The van der Waals surface area contributed by atoms with E-state index >= 15 is 0 Å². The normalized spacial score (nSPS) is 13.9. The summed E-state index contributed by atoms with van der Waals surface area (Å²) in [6.07, 6.45) is -1.48. The molecule has 19 heavy (non-hydrogen) atoms. The average molecular weight is 276 g/mol. The maximum atomic E-state index is 11.6. The van der Waals surface area contributed by atoms with Gasteiger partial charge in [-0.2, -0.15) is 0 Å². The largest absolute Gasteiger partial charge is 0.479 e. The Balaban J connectivity index is 3.96. The molecule has 0 fully saturated rings. The minimum Gasteiger partial charge on any atom is -0.479 e. The van der Waals surface area contributed by atoms with E-state index in [1.165, 1.54) is 0 Å². The second kappa shape index (κ2) is 9.57. The minimum absolute atomic E-state index is 0.0272. The fraction of sp³-hybridized carbons (Fsp3) is 0.833. The first kappa shape index (κ1) is 17.7. The molecule has 7 heteroatoms. The zero-order valence-corrected chi connectivity index (χ0v) is 11.7. The molecule has 112 valence electrons. The summed E-state index contributed by atoms with van der Waals surface area (Å²) < 4.78 is 5.27. The number of hydrogen-bond donors (Lipinski definition) is 4. The second-order valence-corrected chi connectivity index (χ2v) is 4.55. The van der Waals surface area contributed by atoms with Crippen LogP contribution in [0.3, 0.4) is 0 Å². The van der Waals surface area contributed by atoms with E-state index in [0.717, 1.165) is 0 Å². The smallest absolute Gasteiger partial charge is 0.332 e. The SMILES string of the molecule is CCOCC(NC(=O)NCC[C@H](O)C(=O)O)C(C)C. The Morgan fingerprint density at radius 3 is 2.42 bits per heavy atom. The number of nitrogens with one attached hydrogen (secondary N) is 2. The monoisotopic (exact) mass is 276 g/mol. The van der Waals surface area contributed by atoms with Gasteiger partial charge in [0.05, 0.1) is 12.6 Å². The first-order chi connectivity index (χ1) is 8.88. The number of amides is 2.